The largest absolute Gasteiger partial charge is 0.491 e. The molecule has 0 radical (unpaired) electrons. The highest BCUT2D eigenvalue weighted by Crippen LogP contribution is 2.25. The van der Waals surface area contributed by atoms with Crippen molar-refractivity contribution in [1.29, 1.82) is 0 Å². The highest BCUT2D eigenvalue weighted by Gasteiger charge is 2.16. The lowest BCUT2D eigenvalue weighted by atomic mass is 10.1. The van der Waals surface area contributed by atoms with E-state index in [2.05, 4.69) is 20.9 Å². The minimum atomic E-state index is -0.356. The number of nitrogens with one attached hydrogen (secondary N) is 2. The molecule has 0 bridgehead atoms. The number of halogens is 1. The Kier molecular flexibility index (Phi) is 11.1. The maximum Gasteiger partial charge on any atom is 0.273 e. The molecule has 176 valence electrons. The smallest absolute Gasteiger partial charge is 0.273 e. The van der Waals surface area contributed by atoms with E-state index in [9.17, 15) is 14.0 Å². The lowest BCUT2D eigenvalue weighted by molar-refractivity contribution is 0.0916. The Morgan fingerprint density at radius 3 is 2.62 bits per heavy atom. The Morgan fingerprint density at radius 2 is 1.88 bits per heavy atom. The Labute approximate surface area is 187 Å². The molecule has 9 nitrogen and oxygen atoms in total. The molecule has 0 fully saturated rings. The second-order valence-corrected chi connectivity index (χ2v) is 6.99. The van der Waals surface area contributed by atoms with E-state index in [1.165, 1.54) is 10.9 Å². The molecule has 0 aliphatic heterocycles. The Morgan fingerprint density at radius 1 is 1.06 bits per heavy atom. The summed E-state index contributed by atoms with van der Waals surface area (Å²) in [6.45, 7) is 5.71. The molecule has 0 spiro atoms. The fourth-order valence-corrected chi connectivity index (χ4v) is 2.91. The van der Waals surface area contributed by atoms with Gasteiger partial charge in [-0.05, 0) is 51.3 Å². The molecular weight excluding hydrogens is 417 g/mol. The van der Waals surface area contributed by atoms with Crippen LogP contribution in [0.2, 0.25) is 0 Å². The number of hydrogen-bond donors (Lipinski definition) is 2. The van der Waals surface area contributed by atoms with Crippen LogP contribution in [-0.2, 0) is 4.74 Å². The molecule has 2 aromatic rings. The first-order valence-electron chi connectivity index (χ1n) is 11.0. The topological polar surface area (TPSA) is 107 Å². The van der Waals surface area contributed by atoms with Crippen molar-refractivity contribution in [2.24, 2.45) is 0 Å². The first kappa shape index (κ1) is 25.3. The fraction of sp³-hybridized carbons (Fsp3) is 0.545. The normalized spacial score (nSPS) is 10.7. The van der Waals surface area contributed by atoms with Crippen LogP contribution in [0.5, 0.6) is 5.75 Å². The molecule has 1 aromatic carbocycles. The summed E-state index contributed by atoms with van der Waals surface area (Å²) in [6.07, 6.45) is 4.47. The van der Waals surface area contributed by atoms with Crippen LogP contribution in [0, 0.1) is 0 Å². The molecule has 0 unspecified atom stereocenters. The molecule has 0 saturated heterocycles. The van der Waals surface area contributed by atoms with Crippen LogP contribution in [0.4, 0.5) is 4.39 Å². The van der Waals surface area contributed by atoms with Crippen LogP contribution in [0.15, 0.2) is 24.4 Å². The summed E-state index contributed by atoms with van der Waals surface area (Å²) in [5.41, 5.74) is 1.17. The van der Waals surface area contributed by atoms with E-state index in [1.807, 2.05) is 13.8 Å². The number of nitrogens with zero attached hydrogens (tertiary/aromatic N) is 3. The van der Waals surface area contributed by atoms with Gasteiger partial charge >= 0.3 is 0 Å². The number of ether oxygens (including phenoxy) is 2. The van der Waals surface area contributed by atoms with Gasteiger partial charge in [-0.2, -0.15) is 0 Å². The molecule has 0 aliphatic carbocycles. The lowest BCUT2D eigenvalue weighted by Gasteiger charge is -2.13. The zero-order valence-corrected chi connectivity index (χ0v) is 18.7. The second-order valence-electron chi connectivity index (χ2n) is 6.99. The predicted molar refractivity (Wildman–Crippen MR) is 118 cm³/mol. The van der Waals surface area contributed by atoms with Crippen molar-refractivity contribution in [3.63, 3.8) is 0 Å². The summed E-state index contributed by atoms with van der Waals surface area (Å²) in [6, 6.07) is 5.01. The molecule has 1 aromatic heterocycles. The van der Waals surface area contributed by atoms with E-state index in [0.29, 0.717) is 56.3 Å². The van der Waals surface area contributed by atoms with Crippen molar-refractivity contribution >= 4 is 11.8 Å². The number of carbonyl (C=O) groups excluding carboxylic acids is 2. The number of rotatable bonds is 15. The third kappa shape index (κ3) is 7.92. The van der Waals surface area contributed by atoms with Crippen LogP contribution in [-0.4, -0.2) is 66.4 Å². The Bertz CT molecular complexity index is 859. The predicted octanol–water partition coefficient (Wildman–Crippen LogP) is 2.69. The van der Waals surface area contributed by atoms with Gasteiger partial charge in [-0.1, -0.05) is 11.6 Å². The highest BCUT2D eigenvalue weighted by molar-refractivity contribution is 5.95. The molecule has 0 saturated carbocycles. The Balaban J connectivity index is 2.13. The van der Waals surface area contributed by atoms with E-state index in [4.69, 9.17) is 9.47 Å². The van der Waals surface area contributed by atoms with E-state index in [-0.39, 0.29) is 24.2 Å². The molecule has 10 heteroatoms. The van der Waals surface area contributed by atoms with Crippen molar-refractivity contribution in [2.75, 3.05) is 39.6 Å². The number of amides is 2. The third-order valence-corrected chi connectivity index (χ3v) is 4.55. The van der Waals surface area contributed by atoms with Gasteiger partial charge < -0.3 is 20.1 Å². The number of carbonyl (C=O) groups is 2. The SMILES string of the molecule is CCNC(=O)c1ccc(-n2cc(C(=O)NCCOCC)nn2)c(OCCCCCCF)c1. The van der Waals surface area contributed by atoms with Gasteiger partial charge in [0, 0.05) is 25.3 Å². The minimum absolute atomic E-state index is 0.159. The van der Waals surface area contributed by atoms with Gasteiger partial charge in [-0.15, -0.1) is 5.10 Å². The van der Waals surface area contributed by atoms with Crippen LogP contribution < -0.4 is 15.4 Å². The Hall–Kier alpha value is -3.01. The summed E-state index contributed by atoms with van der Waals surface area (Å²) in [7, 11) is 0. The lowest BCUT2D eigenvalue weighted by Crippen LogP contribution is -2.27. The molecular formula is C22H32FN5O4. The molecule has 32 heavy (non-hydrogen) atoms. The van der Waals surface area contributed by atoms with Gasteiger partial charge in [0.25, 0.3) is 11.8 Å². The van der Waals surface area contributed by atoms with Crippen molar-refractivity contribution in [1.82, 2.24) is 25.6 Å². The average molecular weight is 450 g/mol. The van der Waals surface area contributed by atoms with Gasteiger partial charge in [0.05, 0.1) is 26.1 Å². The van der Waals surface area contributed by atoms with Gasteiger partial charge in [0.1, 0.15) is 11.4 Å². The van der Waals surface area contributed by atoms with Crippen LogP contribution in [0.3, 0.4) is 0 Å². The fourth-order valence-electron chi connectivity index (χ4n) is 2.91. The molecule has 0 aliphatic rings. The summed E-state index contributed by atoms with van der Waals surface area (Å²) in [4.78, 5) is 24.5. The van der Waals surface area contributed by atoms with Gasteiger partial charge in [-0.25, -0.2) is 4.68 Å². The van der Waals surface area contributed by atoms with Crippen molar-refractivity contribution in [2.45, 2.75) is 39.5 Å². The highest BCUT2D eigenvalue weighted by atomic mass is 19.1. The number of unbranched alkanes of at least 4 members (excludes halogenated alkanes) is 3. The van der Waals surface area contributed by atoms with Gasteiger partial charge in [-0.3, -0.25) is 14.0 Å². The maximum atomic E-state index is 12.3. The van der Waals surface area contributed by atoms with Crippen molar-refractivity contribution in [3.8, 4) is 11.4 Å². The van der Waals surface area contributed by atoms with E-state index in [1.54, 1.807) is 18.2 Å². The minimum Gasteiger partial charge on any atom is -0.491 e. The summed E-state index contributed by atoms with van der Waals surface area (Å²) >= 11 is 0. The first-order valence-corrected chi connectivity index (χ1v) is 11.0. The summed E-state index contributed by atoms with van der Waals surface area (Å²) in [5.74, 6) is -0.113. The number of benzene rings is 1. The standard InChI is InChI=1S/C22H32FN5O4/c1-3-24-21(29)17-9-10-19(20(15-17)32-13-8-6-5-7-11-23)28-16-18(26-27-28)22(30)25-12-14-31-4-2/h9-10,15-16H,3-8,11-14H2,1-2H3,(H,24,29)(H,25,30). The maximum absolute atomic E-state index is 12.3. The van der Waals surface area contributed by atoms with Crippen molar-refractivity contribution < 1.29 is 23.5 Å². The molecule has 2 rings (SSSR count). The first-order chi connectivity index (χ1) is 15.6. The monoisotopic (exact) mass is 449 g/mol. The van der Waals surface area contributed by atoms with Crippen LogP contribution >= 0.6 is 0 Å². The van der Waals surface area contributed by atoms with Crippen LogP contribution in [0.25, 0.3) is 5.69 Å². The summed E-state index contributed by atoms with van der Waals surface area (Å²) < 4.78 is 24.8. The van der Waals surface area contributed by atoms with E-state index >= 15 is 0 Å². The van der Waals surface area contributed by atoms with Gasteiger partial charge in [0.15, 0.2) is 5.69 Å². The molecule has 2 amide bonds. The van der Waals surface area contributed by atoms with Gasteiger partial charge in [0.2, 0.25) is 0 Å². The van der Waals surface area contributed by atoms with E-state index in [0.717, 1.165) is 19.3 Å². The number of hydrogen-bond acceptors (Lipinski definition) is 6. The average Bonchev–Trinajstić information content (AvgIpc) is 3.29. The zero-order valence-electron chi connectivity index (χ0n) is 18.7. The van der Waals surface area contributed by atoms with E-state index < -0.39 is 0 Å². The number of aromatic nitrogens is 3. The second kappa shape index (κ2) is 14.1. The third-order valence-electron chi connectivity index (χ3n) is 4.55. The van der Waals surface area contributed by atoms with Crippen molar-refractivity contribution in [3.05, 3.63) is 35.7 Å². The van der Waals surface area contributed by atoms with Crippen LogP contribution in [0.1, 0.15) is 60.4 Å². The quantitative estimate of drug-likeness (QED) is 0.405. The molecule has 2 N–H and O–H groups in total. The zero-order chi connectivity index (χ0) is 23.2. The molecule has 0 atom stereocenters. The molecule has 1 heterocycles. The number of alkyl halides is 1. The summed E-state index contributed by atoms with van der Waals surface area (Å²) in [5, 5.41) is 13.5.